The molecule has 0 aromatic carbocycles. The molecular formula is C9H8O3. The summed E-state index contributed by atoms with van der Waals surface area (Å²) in [4.78, 5) is 10.9. The second-order valence-corrected chi connectivity index (χ2v) is 2.76. The third-order valence-corrected chi connectivity index (χ3v) is 1.88. The Hall–Kier alpha value is -1.51. The van der Waals surface area contributed by atoms with E-state index >= 15 is 0 Å². The number of carbonyl (C=O) groups excluding carboxylic acids is 1. The van der Waals surface area contributed by atoms with E-state index in [0.717, 1.165) is 5.56 Å². The number of cyclic esters (lactones) is 1. The molecule has 1 saturated heterocycles. The van der Waals surface area contributed by atoms with Crippen LogP contribution in [0.4, 0.5) is 0 Å². The molecule has 2 rings (SSSR count). The lowest BCUT2D eigenvalue weighted by atomic mass is 10.1. The number of carbonyl (C=O) groups is 1. The summed E-state index contributed by atoms with van der Waals surface area (Å²) in [5.41, 5.74) is 1.42. The fourth-order valence-corrected chi connectivity index (χ4v) is 1.21. The highest BCUT2D eigenvalue weighted by molar-refractivity contribution is 5.90. The van der Waals surface area contributed by atoms with Crippen LogP contribution >= 0.6 is 0 Å². The maximum atomic E-state index is 10.9. The van der Waals surface area contributed by atoms with Gasteiger partial charge in [-0.15, -0.1) is 0 Å². The third kappa shape index (κ3) is 1.03. The summed E-state index contributed by atoms with van der Waals surface area (Å²) in [5.74, 6) is -0.304. The van der Waals surface area contributed by atoms with Crippen molar-refractivity contribution in [2.75, 3.05) is 0 Å². The highest BCUT2D eigenvalue weighted by Gasteiger charge is 2.28. The number of rotatable bonds is 1. The van der Waals surface area contributed by atoms with Gasteiger partial charge in [0, 0.05) is 17.6 Å². The molecule has 3 nitrogen and oxygen atoms in total. The molecule has 0 amide bonds. The van der Waals surface area contributed by atoms with Crippen molar-refractivity contribution in [3.05, 3.63) is 36.3 Å². The Morgan fingerprint density at radius 1 is 1.58 bits per heavy atom. The van der Waals surface area contributed by atoms with Gasteiger partial charge in [0.2, 0.25) is 0 Å². The van der Waals surface area contributed by atoms with Crippen molar-refractivity contribution >= 4 is 5.97 Å². The molecular weight excluding hydrogens is 156 g/mol. The van der Waals surface area contributed by atoms with E-state index in [-0.39, 0.29) is 12.1 Å². The zero-order chi connectivity index (χ0) is 8.55. The average Bonchev–Trinajstić information content (AvgIpc) is 2.61. The summed E-state index contributed by atoms with van der Waals surface area (Å²) in [7, 11) is 0. The molecule has 1 fully saturated rings. The molecule has 1 atom stereocenters. The van der Waals surface area contributed by atoms with Crippen molar-refractivity contribution in [3.63, 3.8) is 0 Å². The number of ether oxygens (including phenoxy) is 1. The highest BCUT2D eigenvalue weighted by atomic mass is 16.5. The zero-order valence-corrected chi connectivity index (χ0v) is 6.45. The summed E-state index contributed by atoms with van der Waals surface area (Å²) < 4.78 is 9.90. The van der Waals surface area contributed by atoms with Crippen molar-refractivity contribution in [1.29, 1.82) is 0 Å². The normalized spacial score (nSPS) is 22.8. The predicted molar refractivity (Wildman–Crippen MR) is 41.3 cm³/mol. The molecule has 1 unspecified atom stereocenters. The Labute approximate surface area is 69.6 Å². The summed E-state index contributed by atoms with van der Waals surface area (Å²) in [5, 5.41) is 0. The fraction of sp³-hybridized carbons (Fsp3) is 0.222. The van der Waals surface area contributed by atoms with E-state index in [1.54, 1.807) is 18.6 Å². The second kappa shape index (κ2) is 2.52. The van der Waals surface area contributed by atoms with Crippen LogP contribution in [0.25, 0.3) is 0 Å². The Balaban J connectivity index is 2.19. The minimum atomic E-state index is -0.304. The Kier molecular flexibility index (Phi) is 1.50. The minimum absolute atomic E-state index is 0.191. The number of furan rings is 1. The second-order valence-electron chi connectivity index (χ2n) is 2.76. The summed E-state index contributed by atoms with van der Waals surface area (Å²) in [6.45, 7) is 3.59. The molecule has 0 N–H and O–H groups in total. The predicted octanol–water partition coefficient (Wildman–Crippen LogP) is 1.82. The summed E-state index contributed by atoms with van der Waals surface area (Å²) >= 11 is 0. The zero-order valence-electron chi connectivity index (χ0n) is 6.45. The van der Waals surface area contributed by atoms with Crippen molar-refractivity contribution in [3.8, 4) is 0 Å². The molecule has 12 heavy (non-hydrogen) atoms. The monoisotopic (exact) mass is 164 g/mol. The van der Waals surface area contributed by atoms with Crippen molar-refractivity contribution in [1.82, 2.24) is 0 Å². The van der Waals surface area contributed by atoms with E-state index in [1.165, 1.54) is 0 Å². The van der Waals surface area contributed by atoms with Crippen molar-refractivity contribution < 1.29 is 13.9 Å². The van der Waals surface area contributed by atoms with E-state index < -0.39 is 0 Å². The van der Waals surface area contributed by atoms with Gasteiger partial charge in [-0.2, -0.15) is 0 Å². The first-order valence-corrected chi connectivity index (χ1v) is 3.68. The Morgan fingerprint density at radius 3 is 2.92 bits per heavy atom. The van der Waals surface area contributed by atoms with Crippen LogP contribution < -0.4 is 0 Å². The number of esters is 1. The first-order valence-electron chi connectivity index (χ1n) is 3.68. The fourth-order valence-electron chi connectivity index (χ4n) is 1.21. The lowest BCUT2D eigenvalue weighted by Crippen LogP contribution is -1.96. The van der Waals surface area contributed by atoms with E-state index in [9.17, 15) is 4.79 Å². The van der Waals surface area contributed by atoms with Crippen molar-refractivity contribution in [2.24, 2.45) is 0 Å². The lowest BCUT2D eigenvalue weighted by Gasteiger charge is -2.03. The van der Waals surface area contributed by atoms with Crippen LogP contribution in [0.3, 0.4) is 0 Å². The van der Waals surface area contributed by atoms with E-state index in [0.29, 0.717) is 12.0 Å². The molecule has 0 radical (unpaired) electrons. The topological polar surface area (TPSA) is 39.4 Å². The van der Waals surface area contributed by atoms with Gasteiger partial charge in [-0.05, 0) is 6.07 Å². The molecule has 1 aliphatic heterocycles. The van der Waals surface area contributed by atoms with Gasteiger partial charge >= 0.3 is 5.97 Å². The quantitative estimate of drug-likeness (QED) is 0.469. The van der Waals surface area contributed by atoms with Gasteiger partial charge in [-0.1, -0.05) is 6.58 Å². The van der Waals surface area contributed by atoms with E-state index in [4.69, 9.17) is 9.15 Å². The van der Waals surface area contributed by atoms with Crippen LogP contribution in [0.2, 0.25) is 0 Å². The van der Waals surface area contributed by atoms with E-state index in [1.807, 2.05) is 0 Å². The Bertz CT molecular complexity index is 295. The molecule has 1 aromatic heterocycles. The molecule has 1 aliphatic rings. The SMILES string of the molecule is C=C1CC(c2ccoc2)OC1=O. The summed E-state index contributed by atoms with van der Waals surface area (Å²) in [6, 6.07) is 1.79. The maximum Gasteiger partial charge on any atom is 0.334 e. The highest BCUT2D eigenvalue weighted by Crippen LogP contribution is 2.31. The molecule has 0 aliphatic carbocycles. The molecule has 0 bridgehead atoms. The molecule has 3 heteroatoms. The van der Waals surface area contributed by atoms with Gasteiger partial charge < -0.3 is 9.15 Å². The largest absolute Gasteiger partial charge is 0.472 e. The Morgan fingerprint density at radius 2 is 2.42 bits per heavy atom. The van der Waals surface area contributed by atoms with Crippen LogP contribution in [0.15, 0.2) is 35.2 Å². The van der Waals surface area contributed by atoms with Crippen LogP contribution in [0.1, 0.15) is 18.1 Å². The van der Waals surface area contributed by atoms with Gasteiger partial charge in [-0.3, -0.25) is 0 Å². The first-order chi connectivity index (χ1) is 5.77. The molecule has 0 saturated carbocycles. The minimum Gasteiger partial charge on any atom is -0.472 e. The van der Waals surface area contributed by atoms with Crippen LogP contribution in [0.5, 0.6) is 0 Å². The third-order valence-electron chi connectivity index (χ3n) is 1.88. The first kappa shape index (κ1) is 7.16. The van der Waals surface area contributed by atoms with Gasteiger partial charge in [0.25, 0.3) is 0 Å². The number of hydrogen-bond donors (Lipinski definition) is 0. The molecule has 0 spiro atoms. The maximum absolute atomic E-state index is 10.9. The van der Waals surface area contributed by atoms with Gasteiger partial charge in [0.15, 0.2) is 0 Å². The molecule has 2 heterocycles. The summed E-state index contributed by atoms with van der Waals surface area (Å²) in [6.07, 6.45) is 3.52. The van der Waals surface area contributed by atoms with Gasteiger partial charge in [0.05, 0.1) is 12.5 Å². The lowest BCUT2D eigenvalue weighted by molar-refractivity contribution is -0.139. The van der Waals surface area contributed by atoms with Crippen LogP contribution in [-0.2, 0) is 9.53 Å². The van der Waals surface area contributed by atoms with Gasteiger partial charge in [0.1, 0.15) is 6.10 Å². The smallest absolute Gasteiger partial charge is 0.334 e. The van der Waals surface area contributed by atoms with E-state index in [2.05, 4.69) is 6.58 Å². The van der Waals surface area contributed by atoms with Crippen LogP contribution in [0, 0.1) is 0 Å². The van der Waals surface area contributed by atoms with Crippen LogP contribution in [-0.4, -0.2) is 5.97 Å². The van der Waals surface area contributed by atoms with Crippen molar-refractivity contribution in [2.45, 2.75) is 12.5 Å². The average molecular weight is 164 g/mol. The standard InChI is InChI=1S/C9H8O3/c1-6-4-8(12-9(6)10)7-2-3-11-5-7/h2-3,5,8H,1,4H2. The van der Waals surface area contributed by atoms with Gasteiger partial charge in [-0.25, -0.2) is 4.79 Å². The molecule has 62 valence electrons. The molecule has 1 aromatic rings. The number of hydrogen-bond acceptors (Lipinski definition) is 3.